The van der Waals surface area contributed by atoms with Crippen LogP contribution in [0.3, 0.4) is 0 Å². The van der Waals surface area contributed by atoms with Crippen LogP contribution in [0, 0.1) is 5.92 Å². The molecule has 0 radical (unpaired) electrons. The Morgan fingerprint density at radius 1 is 1.08 bits per heavy atom. The van der Waals surface area contributed by atoms with E-state index in [1.54, 1.807) is 14.2 Å². The number of methoxy groups -OCH3 is 2. The second kappa shape index (κ2) is 4.21. The maximum absolute atomic E-state index is 5.93. The zero-order valence-corrected chi connectivity index (χ0v) is 8.01. The number of rotatable bonds is 3. The average molecular weight is 173 g/mol. The van der Waals surface area contributed by atoms with Crippen LogP contribution in [0.15, 0.2) is 0 Å². The molecule has 3 heteroatoms. The van der Waals surface area contributed by atoms with E-state index >= 15 is 0 Å². The Morgan fingerprint density at radius 2 is 1.58 bits per heavy atom. The summed E-state index contributed by atoms with van der Waals surface area (Å²) in [6, 6.07) is 0. The van der Waals surface area contributed by atoms with Gasteiger partial charge in [-0.05, 0) is 12.8 Å². The van der Waals surface area contributed by atoms with Crippen molar-refractivity contribution in [2.45, 2.75) is 38.0 Å². The van der Waals surface area contributed by atoms with Crippen molar-refractivity contribution in [1.82, 2.24) is 0 Å². The van der Waals surface area contributed by atoms with Crippen molar-refractivity contribution in [3.63, 3.8) is 0 Å². The molecule has 0 bridgehead atoms. The molecule has 0 aromatic carbocycles. The van der Waals surface area contributed by atoms with E-state index in [1.807, 2.05) is 0 Å². The van der Waals surface area contributed by atoms with E-state index in [0.717, 1.165) is 12.8 Å². The lowest BCUT2D eigenvalue weighted by Crippen LogP contribution is -2.51. The minimum atomic E-state index is -0.847. The van der Waals surface area contributed by atoms with Gasteiger partial charge in [-0.3, -0.25) is 5.73 Å². The van der Waals surface area contributed by atoms with Gasteiger partial charge < -0.3 is 9.47 Å². The average Bonchev–Trinajstić information content (AvgIpc) is 2.18. The van der Waals surface area contributed by atoms with Crippen LogP contribution in [-0.4, -0.2) is 20.1 Å². The molecule has 1 aliphatic rings. The Kier molecular flexibility index (Phi) is 3.50. The van der Waals surface area contributed by atoms with Crippen molar-refractivity contribution < 1.29 is 9.47 Å². The standard InChI is InChI=1S/C9H19NO2/c1-11-9(10,12-2)8-6-4-3-5-7-8/h8H,3-7,10H2,1-2H3. The lowest BCUT2D eigenvalue weighted by Gasteiger charge is -2.36. The monoisotopic (exact) mass is 173 g/mol. The second-order valence-electron chi connectivity index (χ2n) is 3.46. The highest BCUT2D eigenvalue weighted by atomic mass is 16.7. The molecule has 72 valence electrons. The summed E-state index contributed by atoms with van der Waals surface area (Å²) in [4.78, 5) is 0. The normalized spacial score (nSPS) is 21.2. The first-order valence-corrected chi connectivity index (χ1v) is 4.62. The molecule has 0 aromatic rings. The van der Waals surface area contributed by atoms with Crippen LogP contribution < -0.4 is 5.73 Å². The number of nitrogens with two attached hydrogens (primary N) is 1. The molecule has 12 heavy (non-hydrogen) atoms. The van der Waals surface area contributed by atoms with Gasteiger partial charge in [0.1, 0.15) is 0 Å². The summed E-state index contributed by atoms with van der Waals surface area (Å²) in [5.74, 6) is -0.485. The highest BCUT2D eigenvalue weighted by Gasteiger charge is 2.35. The van der Waals surface area contributed by atoms with Crippen molar-refractivity contribution in [3.05, 3.63) is 0 Å². The molecule has 2 N–H and O–H groups in total. The molecule has 0 amide bonds. The Balaban J connectivity index is 2.51. The van der Waals surface area contributed by atoms with E-state index in [9.17, 15) is 0 Å². The van der Waals surface area contributed by atoms with Gasteiger partial charge >= 0.3 is 0 Å². The Bertz CT molecular complexity index is 128. The molecule has 0 unspecified atom stereocenters. The number of hydrogen-bond acceptors (Lipinski definition) is 3. The molecule has 0 aromatic heterocycles. The van der Waals surface area contributed by atoms with Crippen LogP contribution >= 0.6 is 0 Å². The van der Waals surface area contributed by atoms with Crippen LogP contribution in [0.2, 0.25) is 0 Å². The Morgan fingerprint density at radius 3 is 2.00 bits per heavy atom. The number of hydrogen-bond donors (Lipinski definition) is 1. The van der Waals surface area contributed by atoms with E-state index < -0.39 is 5.91 Å². The molecule has 1 fully saturated rings. The summed E-state index contributed by atoms with van der Waals surface area (Å²) < 4.78 is 10.4. The van der Waals surface area contributed by atoms with Gasteiger partial charge in [-0.1, -0.05) is 19.3 Å². The molecular formula is C9H19NO2. The van der Waals surface area contributed by atoms with Gasteiger partial charge in [0.25, 0.3) is 0 Å². The summed E-state index contributed by atoms with van der Waals surface area (Å²) in [7, 11) is 3.22. The maximum Gasteiger partial charge on any atom is 0.227 e. The van der Waals surface area contributed by atoms with Crippen LogP contribution in [0.5, 0.6) is 0 Å². The van der Waals surface area contributed by atoms with Crippen molar-refractivity contribution in [3.8, 4) is 0 Å². The van der Waals surface area contributed by atoms with E-state index in [4.69, 9.17) is 15.2 Å². The zero-order valence-electron chi connectivity index (χ0n) is 8.01. The predicted octanol–water partition coefficient (Wildman–Crippen LogP) is 1.47. The fraction of sp³-hybridized carbons (Fsp3) is 1.00. The molecule has 0 spiro atoms. The van der Waals surface area contributed by atoms with Gasteiger partial charge in [-0.15, -0.1) is 0 Å². The fourth-order valence-corrected chi connectivity index (χ4v) is 1.92. The summed E-state index contributed by atoms with van der Waals surface area (Å²) in [5.41, 5.74) is 5.93. The summed E-state index contributed by atoms with van der Waals surface area (Å²) in [6.07, 6.45) is 6.06. The fourth-order valence-electron chi connectivity index (χ4n) is 1.92. The maximum atomic E-state index is 5.93. The Labute approximate surface area is 74.2 Å². The quantitative estimate of drug-likeness (QED) is 0.657. The molecule has 0 aliphatic heterocycles. The van der Waals surface area contributed by atoms with E-state index in [-0.39, 0.29) is 0 Å². The molecule has 0 heterocycles. The van der Waals surface area contributed by atoms with Crippen molar-refractivity contribution in [2.75, 3.05) is 14.2 Å². The summed E-state index contributed by atoms with van der Waals surface area (Å²) in [6.45, 7) is 0. The van der Waals surface area contributed by atoms with Gasteiger partial charge in [0.2, 0.25) is 5.91 Å². The third kappa shape index (κ3) is 1.97. The second-order valence-corrected chi connectivity index (χ2v) is 3.46. The van der Waals surface area contributed by atoms with Crippen LogP contribution in [0.4, 0.5) is 0 Å². The minimum Gasteiger partial charge on any atom is -0.341 e. The largest absolute Gasteiger partial charge is 0.341 e. The topological polar surface area (TPSA) is 44.5 Å². The van der Waals surface area contributed by atoms with Crippen molar-refractivity contribution in [1.29, 1.82) is 0 Å². The van der Waals surface area contributed by atoms with Gasteiger partial charge in [0.05, 0.1) is 0 Å². The first-order chi connectivity index (χ1) is 5.73. The SMILES string of the molecule is COC(N)(OC)C1CCCCC1. The van der Waals surface area contributed by atoms with Crippen molar-refractivity contribution >= 4 is 0 Å². The zero-order chi connectivity index (χ0) is 9.03. The molecular weight excluding hydrogens is 154 g/mol. The molecule has 1 aliphatic carbocycles. The minimum absolute atomic E-state index is 0.362. The molecule has 1 rings (SSSR count). The molecule has 0 saturated heterocycles. The van der Waals surface area contributed by atoms with E-state index in [0.29, 0.717) is 5.92 Å². The summed E-state index contributed by atoms with van der Waals surface area (Å²) in [5, 5.41) is 0. The van der Waals surface area contributed by atoms with Gasteiger partial charge in [0, 0.05) is 20.1 Å². The lowest BCUT2D eigenvalue weighted by molar-refractivity contribution is -0.241. The van der Waals surface area contributed by atoms with Gasteiger partial charge in [-0.25, -0.2) is 0 Å². The third-order valence-corrected chi connectivity index (χ3v) is 2.81. The highest BCUT2D eigenvalue weighted by molar-refractivity contribution is 4.76. The van der Waals surface area contributed by atoms with Gasteiger partial charge in [0.15, 0.2) is 0 Å². The first-order valence-electron chi connectivity index (χ1n) is 4.62. The predicted molar refractivity (Wildman–Crippen MR) is 47.5 cm³/mol. The Hall–Kier alpha value is -0.120. The first kappa shape index (κ1) is 9.96. The van der Waals surface area contributed by atoms with Crippen molar-refractivity contribution in [2.24, 2.45) is 11.7 Å². The lowest BCUT2D eigenvalue weighted by atomic mass is 9.86. The van der Waals surface area contributed by atoms with Crippen LogP contribution in [0.25, 0.3) is 0 Å². The smallest absolute Gasteiger partial charge is 0.227 e. The van der Waals surface area contributed by atoms with Crippen LogP contribution in [0.1, 0.15) is 32.1 Å². The van der Waals surface area contributed by atoms with E-state index in [2.05, 4.69) is 0 Å². The third-order valence-electron chi connectivity index (χ3n) is 2.81. The molecule has 3 nitrogen and oxygen atoms in total. The van der Waals surface area contributed by atoms with E-state index in [1.165, 1.54) is 19.3 Å². The molecule has 0 atom stereocenters. The highest BCUT2D eigenvalue weighted by Crippen LogP contribution is 2.31. The summed E-state index contributed by atoms with van der Waals surface area (Å²) >= 11 is 0. The van der Waals surface area contributed by atoms with Crippen LogP contribution in [-0.2, 0) is 9.47 Å². The number of ether oxygens (including phenoxy) is 2. The molecule has 1 saturated carbocycles. The van der Waals surface area contributed by atoms with Gasteiger partial charge in [-0.2, -0.15) is 0 Å².